The molecule has 5 nitrogen and oxygen atoms in total. The number of benzene rings is 2. The summed E-state index contributed by atoms with van der Waals surface area (Å²) < 4.78 is 29.1. The van der Waals surface area contributed by atoms with Gasteiger partial charge in [-0.25, -0.2) is 8.42 Å². The average molecular weight is 402 g/mol. The van der Waals surface area contributed by atoms with Crippen molar-refractivity contribution in [1.82, 2.24) is 5.32 Å². The Bertz CT molecular complexity index is 903. The smallest absolute Gasteiger partial charge is 0.241 e. The number of carbonyl (C=O) groups excluding carboxylic acids is 1. The molecule has 28 heavy (non-hydrogen) atoms. The highest BCUT2D eigenvalue weighted by Gasteiger charge is 2.49. The first kappa shape index (κ1) is 20.6. The van der Waals surface area contributed by atoms with Crippen LogP contribution in [0.15, 0.2) is 54.6 Å². The second-order valence-corrected chi connectivity index (χ2v) is 9.73. The van der Waals surface area contributed by atoms with Gasteiger partial charge in [0.2, 0.25) is 5.91 Å². The normalized spacial score (nSPS) is 16.0. The zero-order valence-corrected chi connectivity index (χ0v) is 17.0. The summed E-state index contributed by atoms with van der Waals surface area (Å²) in [5, 5.41) is 2.86. The SMILES string of the molecule is CS(=O)(=O)C1(C(=O)NCc2ccccc2COCc2ccccc2)CCCC1. The maximum Gasteiger partial charge on any atom is 0.241 e. The average Bonchev–Trinajstić information content (AvgIpc) is 3.19. The summed E-state index contributed by atoms with van der Waals surface area (Å²) in [4.78, 5) is 12.8. The molecule has 0 radical (unpaired) electrons. The third-order valence-electron chi connectivity index (χ3n) is 5.46. The van der Waals surface area contributed by atoms with Gasteiger partial charge < -0.3 is 10.1 Å². The van der Waals surface area contributed by atoms with E-state index in [0.717, 1.165) is 29.5 Å². The molecule has 0 aliphatic heterocycles. The lowest BCUT2D eigenvalue weighted by atomic mass is 10.0. The molecule has 0 atom stereocenters. The fourth-order valence-corrected chi connectivity index (χ4v) is 5.21. The molecule has 0 spiro atoms. The Labute approximate surface area is 167 Å². The van der Waals surface area contributed by atoms with Gasteiger partial charge in [0, 0.05) is 12.8 Å². The topological polar surface area (TPSA) is 72.5 Å². The summed E-state index contributed by atoms with van der Waals surface area (Å²) in [6, 6.07) is 17.7. The van der Waals surface area contributed by atoms with E-state index < -0.39 is 14.6 Å². The van der Waals surface area contributed by atoms with Gasteiger partial charge >= 0.3 is 0 Å². The number of carbonyl (C=O) groups is 1. The molecule has 150 valence electrons. The minimum absolute atomic E-state index is 0.293. The Morgan fingerprint density at radius 1 is 0.964 bits per heavy atom. The molecular formula is C22H27NO4S. The van der Waals surface area contributed by atoms with Crippen molar-refractivity contribution in [1.29, 1.82) is 0 Å². The van der Waals surface area contributed by atoms with E-state index in [1.807, 2.05) is 54.6 Å². The second-order valence-electron chi connectivity index (χ2n) is 7.40. The van der Waals surface area contributed by atoms with Crippen LogP contribution in [-0.4, -0.2) is 25.3 Å². The van der Waals surface area contributed by atoms with Gasteiger partial charge in [-0.15, -0.1) is 0 Å². The van der Waals surface area contributed by atoms with Gasteiger partial charge in [0.1, 0.15) is 4.75 Å². The standard InChI is InChI=1S/C22H27NO4S/c1-28(25,26)22(13-7-8-14-22)21(24)23-15-19-11-5-6-12-20(19)17-27-16-18-9-3-2-4-10-18/h2-6,9-12H,7-8,13-17H2,1H3,(H,23,24). The molecule has 1 aliphatic carbocycles. The summed E-state index contributed by atoms with van der Waals surface area (Å²) in [5.74, 6) is -0.382. The maximum absolute atomic E-state index is 12.8. The van der Waals surface area contributed by atoms with Crippen molar-refractivity contribution in [2.75, 3.05) is 6.26 Å². The van der Waals surface area contributed by atoms with E-state index in [-0.39, 0.29) is 5.91 Å². The molecule has 6 heteroatoms. The molecule has 3 rings (SSSR count). The van der Waals surface area contributed by atoms with Crippen LogP contribution in [0.2, 0.25) is 0 Å². The number of ether oxygens (including phenoxy) is 1. The van der Waals surface area contributed by atoms with Gasteiger partial charge in [-0.1, -0.05) is 67.4 Å². The predicted molar refractivity (Wildman–Crippen MR) is 109 cm³/mol. The van der Waals surface area contributed by atoms with Crippen molar-refractivity contribution < 1.29 is 17.9 Å². The molecule has 1 amide bonds. The lowest BCUT2D eigenvalue weighted by Crippen LogP contribution is -2.50. The monoisotopic (exact) mass is 401 g/mol. The molecule has 1 aliphatic rings. The van der Waals surface area contributed by atoms with Crippen LogP contribution in [0.25, 0.3) is 0 Å². The third kappa shape index (κ3) is 4.62. The fourth-order valence-electron chi connectivity index (χ4n) is 3.77. The summed E-state index contributed by atoms with van der Waals surface area (Å²) in [6.07, 6.45) is 3.51. The van der Waals surface area contributed by atoms with Gasteiger partial charge in [-0.3, -0.25) is 4.79 Å². The van der Waals surface area contributed by atoms with Crippen molar-refractivity contribution in [3.8, 4) is 0 Å². The molecular weight excluding hydrogens is 374 g/mol. The lowest BCUT2D eigenvalue weighted by Gasteiger charge is -2.25. The van der Waals surface area contributed by atoms with Crippen molar-refractivity contribution in [2.45, 2.75) is 50.2 Å². The summed E-state index contributed by atoms with van der Waals surface area (Å²) >= 11 is 0. The first-order valence-electron chi connectivity index (χ1n) is 9.59. The number of sulfone groups is 1. The van der Waals surface area contributed by atoms with Crippen LogP contribution < -0.4 is 5.32 Å². The van der Waals surface area contributed by atoms with Crippen molar-refractivity contribution in [3.05, 3.63) is 71.3 Å². The summed E-state index contributed by atoms with van der Waals surface area (Å²) in [6.45, 7) is 1.23. The lowest BCUT2D eigenvalue weighted by molar-refractivity contribution is -0.123. The van der Waals surface area contributed by atoms with Crippen LogP contribution in [0, 0.1) is 0 Å². The molecule has 0 aromatic heterocycles. The zero-order valence-electron chi connectivity index (χ0n) is 16.2. The molecule has 0 saturated heterocycles. The number of rotatable bonds is 8. The first-order valence-corrected chi connectivity index (χ1v) is 11.5. The van der Waals surface area contributed by atoms with E-state index in [2.05, 4.69) is 5.32 Å². The highest BCUT2D eigenvalue weighted by atomic mass is 32.2. The van der Waals surface area contributed by atoms with E-state index in [0.29, 0.717) is 32.6 Å². The minimum Gasteiger partial charge on any atom is -0.372 e. The number of hydrogen-bond acceptors (Lipinski definition) is 4. The number of hydrogen-bond donors (Lipinski definition) is 1. The van der Waals surface area contributed by atoms with Crippen LogP contribution in [0.3, 0.4) is 0 Å². The van der Waals surface area contributed by atoms with Crippen molar-refractivity contribution >= 4 is 15.7 Å². The molecule has 0 unspecified atom stereocenters. The van der Waals surface area contributed by atoms with E-state index in [9.17, 15) is 13.2 Å². The van der Waals surface area contributed by atoms with Crippen LogP contribution in [0.4, 0.5) is 0 Å². The Hall–Kier alpha value is -2.18. The molecule has 1 fully saturated rings. The highest BCUT2D eigenvalue weighted by molar-refractivity contribution is 7.92. The molecule has 0 bridgehead atoms. The summed E-state index contributed by atoms with van der Waals surface area (Å²) in [7, 11) is -3.46. The Balaban J connectivity index is 1.62. The quantitative estimate of drug-likeness (QED) is 0.736. The Morgan fingerprint density at radius 2 is 1.57 bits per heavy atom. The van der Waals surface area contributed by atoms with E-state index in [1.54, 1.807) is 0 Å². The van der Waals surface area contributed by atoms with Crippen LogP contribution in [0.5, 0.6) is 0 Å². The van der Waals surface area contributed by atoms with Crippen LogP contribution >= 0.6 is 0 Å². The van der Waals surface area contributed by atoms with E-state index >= 15 is 0 Å². The minimum atomic E-state index is -3.46. The maximum atomic E-state index is 12.8. The molecule has 1 saturated carbocycles. The largest absolute Gasteiger partial charge is 0.372 e. The van der Waals surface area contributed by atoms with Gasteiger partial charge in [-0.05, 0) is 29.5 Å². The zero-order chi connectivity index (χ0) is 20.0. The van der Waals surface area contributed by atoms with Crippen LogP contribution in [0.1, 0.15) is 42.4 Å². The molecule has 2 aromatic rings. The van der Waals surface area contributed by atoms with E-state index in [1.165, 1.54) is 6.26 Å². The van der Waals surface area contributed by atoms with Gasteiger partial charge in [-0.2, -0.15) is 0 Å². The van der Waals surface area contributed by atoms with Gasteiger partial charge in [0.15, 0.2) is 9.84 Å². The Morgan fingerprint density at radius 3 is 2.21 bits per heavy atom. The van der Waals surface area contributed by atoms with Gasteiger partial charge in [0.05, 0.1) is 13.2 Å². The first-order chi connectivity index (χ1) is 13.4. The van der Waals surface area contributed by atoms with Crippen molar-refractivity contribution in [2.24, 2.45) is 0 Å². The second kappa shape index (κ2) is 8.88. The molecule has 0 heterocycles. The fraction of sp³-hybridized carbons (Fsp3) is 0.409. The predicted octanol–water partition coefficient (Wildman–Crippen LogP) is 3.38. The van der Waals surface area contributed by atoms with Gasteiger partial charge in [0.25, 0.3) is 0 Å². The number of nitrogens with one attached hydrogen (secondary N) is 1. The molecule has 1 N–H and O–H groups in total. The molecule has 2 aromatic carbocycles. The Kier molecular flexibility index (Phi) is 6.52. The number of amides is 1. The summed E-state index contributed by atoms with van der Waals surface area (Å²) in [5.41, 5.74) is 3.02. The van der Waals surface area contributed by atoms with E-state index in [4.69, 9.17) is 4.74 Å². The van der Waals surface area contributed by atoms with Crippen molar-refractivity contribution in [3.63, 3.8) is 0 Å². The highest BCUT2D eigenvalue weighted by Crippen LogP contribution is 2.36. The third-order valence-corrected chi connectivity index (χ3v) is 7.47. The van der Waals surface area contributed by atoms with Crippen LogP contribution in [-0.2, 0) is 39.1 Å².